The molecule has 1 aromatic heterocycles. The summed E-state index contributed by atoms with van der Waals surface area (Å²) in [7, 11) is 1.68. The number of hydrogen-bond donors (Lipinski definition) is 0. The number of hydrogen-bond acceptors (Lipinski definition) is 2. The Labute approximate surface area is 118 Å². The summed E-state index contributed by atoms with van der Waals surface area (Å²) in [5, 5.41) is 0. The normalized spacial score (nSPS) is 10.5. The van der Waals surface area contributed by atoms with Crippen molar-refractivity contribution in [2.75, 3.05) is 7.11 Å². The van der Waals surface area contributed by atoms with Gasteiger partial charge in [0.25, 0.3) is 0 Å². The highest BCUT2D eigenvalue weighted by Gasteiger charge is 2.11. The molecule has 0 atom stereocenters. The largest absolute Gasteiger partial charge is 0.496 e. The average Bonchev–Trinajstić information content (AvgIpc) is 2.97. The van der Waals surface area contributed by atoms with Crippen LogP contribution in [0.4, 0.5) is 0 Å². The number of aryl methyl sites for hydroxylation is 1. The summed E-state index contributed by atoms with van der Waals surface area (Å²) in [5.41, 5.74) is 3.32. The van der Waals surface area contributed by atoms with E-state index in [-0.39, 0.29) is 0 Å². The Hall–Kier alpha value is -2.55. The van der Waals surface area contributed by atoms with Crippen LogP contribution in [0, 0.1) is 6.92 Å². The summed E-state index contributed by atoms with van der Waals surface area (Å²) in [6.45, 7) is 2.08. The average molecular weight is 264 g/mol. The van der Waals surface area contributed by atoms with E-state index in [2.05, 4.69) is 40.7 Å². The standard InChI is InChI=1S/C17H16N2O/c1-13-7-9-14(10-8-13)19-12-11-18-17(19)15-5-3-4-6-16(15)20-2/h3-12H,1-2H3. The lowest BCUT2D eigenvalue weighted by Gasteiger charge is -2.11. The van der Waals surface area contributed by atoms with E-state index in [4.69, 9.17) is 4.74 Å². The van der Waals surface area contributed by atoms with E-state index in [1.54, 1.807) is 7.11 Å². The van der Waals surface area contributed by atoms with Gasteiger partial charge in [-0.2, -0.15) is 0 Å². The molecule has 2 aromatic carbocycles. The molecule has 0 unspecified atom stereocenters. The van der Waals surface area contributed by atoms with E-state index in [1.165, 1.54) is 5.56 Å². The van der Waals surface area contributed by atoms with Crippen LogP contribution in [0.5, 0.6) is 5.75 Å². The summed E-state index contributed by atoms with van der Waals surface area (Å²) >= 11 is 0. The first-order valence-corrected chi connectivity index (χ1v) is 6.53. The number of benzene rings is 2. The Balaban J connectivity index is 2.13. The minimum absolute atomic E-state index is 0.826. The van der Waals surface area contributed by atoms with Gasteiger partial charge in [0.1, 0.15) is 11.6 Å². The summed E-state index contributed by atoms with van der Waals surface area (Å²) < 4.78 is 7.49. The maximum atomic E-state index is 5.43. The van der Waals surface area contributed by atoms with Gasteiger partial charge in [0.15, 0.2) is 0 Å². The maximum absolute atomic E-state index is 5.43. The number of ether oxygens (including phenoxy) is 1. The molecule has 100 valence electrons. The highest BCUT2D eigenvalue weighted by molar-refractivity contribution is 5.66. The SMILES string of the molecule is COc1ccccc1-c1nccn1-c1ccc(C)cc1. The third-order valence-corrected chi connectivity index (χ3v) is 3.30. The lowest BCUT2D eigenvalue weighted by Crippen LogP contribution is -1.98. The van der Waals surface area contributed by atoms with Crippen LogP contribution in [0.2, 0.25) is 0 Å². The molecule has 0 aliphatic heterocycles. The van der Waals surface area contributed by atoms with Crippen molar-refractivity contribution >= 4 is 0 Å². The molecular formula is C17H16N2O. The quantitative estimate of drug-likeness (QED) is 0.718. The topological polar surface area (TPSA) is 27.1 Å². The second-order valence-electron chi connectivity index (χ2n) is 4.66. The van der Waals surface area contributed by atoms with Crippen LogP contribution in [0.1, 0.15) is 5.56 Å². The maximum Gasteiger partial charge on any atom is 0.148 e. The first kappa shape index (κ1) is 12.5. The van der Waals surface area contributed by atoms with Gasteiger partial charge in [-0.1, -0.05) is 29.8 Å². The monoisotopic (exact) mass is 264 g/mol. The predicted molar refractivity (Wildman–Crippen MR) is 80.3 cm³/mol. The van der Waals surface area contributed by atoms with Crippen LogP contribution < -0.4 is 4.74 Å². The van der Waals surface area contributed by atoms with Gasteiger partial charge in [-0.25, -0.2) is 4.98 Å². The number of rotatable bonds is 3. The van der Waals surface area contributed by atoms with Crippen LogP contribution in [0.3, 0.4) is 0 Å². The van der Waals surface area contributed by atoms with Crippen LogP contribution in [-0.4, -0.2) is 16.7 Å². The van der Waals surface area contributed by atoms with Crippen molar-refractivity contribution < 1.29 is 4.74 Å². The molecule has 0 bridgehead atoms. The number of nitrogens with zero attached hydrogens (tertiary/aromatic N) is 2. The van der Waals surface area contributed by atoms with E-state index in [0.29, 0.717) is 0 Å². The van der Waals surface area contributed by atoms with E-state index in [9.17, 15) is 0 Å². The third kappa shape index (κ3) is 2.18. The summed E-state index contributed by atoms with van der Waals surface area (Å²) in [6, 6.07) is 16.3. The predicted octanol–water partition coefficient (Wildman–Crippen LogP) is 3.86. The van der Waals surface area contributed by atoms with Gasteiger partial charge < -0.3 is 4.74 Å². The molecule has 3 rings (SSSR count). The van der Waals surface area contributed by atoms with E-state index in [1.807, 2.05) is 36.7 Å². The highest BCUT2D eigenvalue weighted by atomic mass is 16.5. The molecule has 3 aromatic rings. The van der Waals surface area contributed by atoms with Gasteiger partial charge in [-0.15, -0.1) is 0 Å². The van der Waals surface area contributed by atoms with Crippen molar-refractivity contribution in [3.05, 3.63) is 66.5 Å². The number of aromatic nitrogens is 2. The smallest absolute Gasteiger partial charge is 0.148 e. The highest BCUT2D eigenvalue weighted by Crippen LogP contribution is 2.29. The fourth-order valence-electron chi connectivity index (χ4n) is 2.25. The van der Waals surface area contributed by atoms with Crippen LogP contribution in [0.25, 0.3) is 17.1 Å². The fourth-order valence-corrected chi connectivity index (χ4v) is 2.25. The Bertz CT molecular complexity index is 714. The fraction of sp³-hybridized carbons (Fsp3) is 0.118. The van der Waals surface area contributed by atoms with Crippen molar-refractivity contribution in [3.8, 4) is 22.8 Å². The van der Waals surface area contributed by atoms with E-state index >= 15 is 0 Å². The number of imidazole rings is 1. The molecule has 1 heterocycles. The minimum atomic E-state index is 0.826. The van der Waals surface area contributed by atoms with E-state index < -0.39 is 0 Å². The summed E-state index contributed by atoms with van der Waals surface area (Å²) in [5.74, 6) is 1.71. The Kier molecular flexibility index (Phi) is 3.25. The van der Waals surface area contributed by atoms with Gasteiger partial charge in [0, 0.05) is 18.1 Å². The van der Waals surface area contributed by atoms with Crippen molar-refractivity contribution in [2.24, 2.45) is 0 Å². The van der Waals surface area contributed by atoms with Crippen LogP contribution in [-0.2, 0) is 0 Å². The minimum Gasteiger partial charge on any atom is -0.496 e. The second-order valence-corrected chi connectivity index (χ2v) is 4.66. The van der Waals surface area contributed by atoms with Gasteiger partial charge in [-0.3, -0.25) is 4.57 Å². The van der Waals surface area contributed by atoms with Crippen molar-refractivity contribution in [3.63, 3.8) is 0 Å². The van der Waals surface area contributed by atoms with Crippen molar-refractivity contribution in [1.82, 2.24) is 9.55 Å². The molecule has 0 amide bonds. The van der Waals surface area contributed by atoms with Gasteiger partial charge >= 0.3 is 0 Å². The molecule has 0 saturated carbocycles. The molecule has 3 nitrogen and oxygen atoms in total. The molecule has 0 N–H and O–H groups in total. The molecule has 0 aliphatic rings. The zero-order valence-corrected chi connectivity index (χ0v) is 11.6. The lowest BCUT2D eigenvalue weighted by atomic mass is 10.1. The molecule has 0 radical (unpaired) electrons. The first-order chi connectivity index (χ1) is 9.79. The molecule has 20 heavy (non-hydrogen) atoms. The zero-order valence-electron chi connectivity index (χ0n) is 11.6. The number of para-hydroxylation sites is 1. The Morgan fingerprint density at radius 3 is 2.50 bits per heavy atom. The molecule has 0 fully saturated rings. The Morgan fingerprint density at radius 1 is 1.00 bits per heavy atom. The third-order valence-electron chi connectivity index (χ3n) is 3.30. The molecule has 0 spiro atoms. The van der Waals surface area contributed by atoms with Gasteiger partial charge in [-0.05, 0) is 31.2 Å². The van der Waals surface area contributed by atoms with Gasteiger partial charge in [0.2, 0.25) is 0 Å². The first-order valence-electron chi connectivity index (χ1n) is 6.53. The van der Waals surface area contributed by atoms with Crippen molar-refractivity contribution in [2.45, 2.75) is 6.92 Å². The molecule has 0 saturated heterocycles. The summed E-state index contributed by atoms with van der Waals surface area (Å²) in [4.78, 5) is 4.48. The number of methoxy groups -OCH3 is 1. The molecule has 3 heteroatoms. The van der Waals surface area contributed by atoms with E-state index in [0.717, 1.165) is 22.8 Å². The second kappa shape index (κ2) is 5.21. The molecular weight excluding hydrogens is 248 g/mol. The molecule has 0 aliphatic carbocycles. The summed E-state index contributed by atoms with van der Waals surface area (Å²) in [6.07, 6.45) is 3.77. The van der Waals surface area contributed by atoms with Crippen LogP contribution >= 0.6 is 0 Å². The van der Waals surface area contributed by atoms with Crippen LogP contribution in [0.15, 0.2) is 60.9 Å². The Morgan fingerprint density at radius 2 is 1.75 bits per heavy atom. The van der Waals surface area contributed by atoms with Crippen molar-refractivity contribution in [1.29, 1.82) is 0 Å². The zero-order chi connectivity index (χ0) is 13.9. The van der Waals surface area contributed by atoms with Gasteiger partial charge in [0.05, 0.1) is 12.7 Å². The lowest BCUT2D eigenvalue weighted by molar-refractivity contribution is 0.416.